The minimum Gasteiger partial charge on any atom is -0.444 e. The van der Waals surface area contributed by atoms with Gasteiger partial charge in [-0.15, -0.1) is 0 Å². The van der Waals surface area contributed by atoms with Crippen molar-refractivity contribution < 1.29 is 18.7 Å². The van der Waals surface area contributed by atoms with Gasteiger partial charge in [-0.3, -0.25) is 14.5 Å². The highest BCUT2D eigenvalue weighted by atomic mass is 79.9. The van der Waals surface area contributed by atoms with Crippen molar-refractivity contribution in [2.24, 2.45) is 0 Å². The van der Waals surface area contributed by atoms with Gasteiger partial charge < -0.3 is 19.8 Å². The molecule has 0 aliphatic carbocycles. The van der Waals surface area contributed by atoms with Crippen molar-refractivity contribution >= 4 is 27.7 Å². The second-order valence-corrected chi connectivity index (χ2v) is 7.01. The van der Waals surface area contributed by atoms with Crippen molar-refractivity contribution in [3.8, 4) is 0 Å². The first-order valence-corrected chi connectivity index (χ1v) is 9.59. The molecule has 1 fully saturated rings. The maximum Gasteiger partial charge on any atom is 0.287 e. The molecular formula is C19H22BrN3O4. The zero-order valence-corrected chi connectivity index (χ0v) is 16.4. The minimum atomic E-state index is -0.430. The minimum absolute atomic E-state index is 0.121. The van der Waals surface area contributed by atoms with E-state index in [4.69, 9.17) is 9.15 Å². The van der Waals surface area contributed by atoms with Gasteiger partial charge in [0.15, 0.2) is 10.4 Å². The third kappa shape index (κ3) is 5.92. The molecule has 2 N–H and O–H groups in total. The molecule has 1 atom stereocenters. The lowest BCUT2D eigenvalue weighted by Crippen LogP contribution is -2.45. The van der Waals surface area contributed by atoms with E-state index in [1.165, 1.54) is 0 Å². The van der Waals surface area contributed by atoms with E-state index in [9.17, 15) is 9.59 Å². The summed E-state index contributed by atoms with van der Waals surface area (Å²) in [7, 11) is 0. The van der Waals surface area contributed by atoms with Crippen molar-refractivity contribution in [1.82, 2.24) is 15.5 Å². The van der Waals surface area contributed by atoms with E-state index in [1.807, 2.05) is 30.3 Å². The van der Waals surface area contributed by atoms with Gasteiger partial charge in [0.25, 0.3) is 5.91 Å². The van der Waals surface area contributed by atoms with Gasteiger partial charge in [-0.25, -0.2) is 0 Å². The van der Waals surface area contributed by atoms with Crippen LogP contribution in [-0.4, -0.2) is 56.1 Å². The zero-order valence-electron chi connectivity index (χ0n) is 14.8. The maximum absolute atomic E-state index is 12.4. The van der Waals surface area contributed by atoms with Crippen molar-refractivity contribution in [2.75, 3.05) is 39.4 Å². The van der Waals surface area contributed by atoms with Gasteiger partial charge in [-0.1, -0.05) is 30.3 Å². The Bertz CT molecular complexity index is 759. The molecule has 1 aliphatic rings. The van der Waals surface area contributed by atoms with Crippen molar-refractivity contribution in [3.63, 3.8) is 0 Å². The fourth-order valence-electron chi connectivity index (χ4n) is 2.89. The van der Waals surface area contributed by atoms with Gasteiger partial charge in [-0.05, 0) is 33.6 Å². The van der Waals surface area contributed by atoms with Gasteiger partial charge in [-0.2, -0.15) is 0 Å². The summed E-state index contributed by atoms with van der Waals surface area (Å²) < 4.78 is 11.0. The second kappa shape index (κ2) is 9.68. The van der Waals surface area contributed by atoms with Crippen molar-refractivity contribution in [3.05, 3.63) is 58.5 Å². The molecule has 3 rings (SSSR count). The molecule has 2 aromatic rings. The number of nitrogens with one attached hydrogen (secondary N) is 2. The van der Waals surface area contributed by atoms with Crippen LogP contribution in [0.25, 0.3) is 0 Å². The number of ether oxygens (including phenoxy) is 1. The van der Waals surface area contributed by atoms with Crippen LogP contribution in [0.4, 0.5) is 0 Å². The molecule has 27 heavy (non-hydrogen) atoms. The average Bonchev–Trinajstić information content (AvgIpc) is 3.13. The van der Waals surface area contributed by atoms with E-state index >= 15 is 0 Å². The summed E-state index contributed by atoms with van der Waals surface area (Å²) in [5.41, 5.74) is 1.03. The first-order chi connectivity index (χ1) is 13.1. The quantitative estimate of drug-likeness (QED) is 0.694. The smallest absolute Gasteiger partial charge is 0.287 e. The third-order valence-corrected chi connectivity index (χ3v) is 4.71. The summed E-state index contributed by atoms with van der Waals surface area (Å²) >= 11 is 3.15. The predicted octanol–water partition coefficient (Wildman–Crippen LogP) is 1.96. The van der Waals surface area contributed by atoms with Gasteiger partial charge in [0.1, 0.15) is 0 Å². The van der Waals surface area contributed by atoms with Crippen molar-refractivity contribution in [1.29, 1.82) is 0 Å². The predicted molar refractivity (Wildman–Crippen MR) is 103 cm³/mol. The van der Waals surface area contributed by atoms with Gasteiger partial charge in [0.2, 0.25) is 5.91 Å². The Morgan fingerprint density at radius 1 is 1.11 bits per heavy atom. The van der Waals surface area contributed by atoms with Crippen LogP contribution in [0, 0.1) is 0 Å². The molecule has 1 aliphatic heterocycles. The Labute approximate surface area is 166 Å². The lowest BCUT2D eigenvalue weighted by Gasteiger charge is -2.31. The average molecular weight is 436 g/mol. The molecule has 0 saturated carbocycles. The molecule has 1 aromatic heterocycles. The highest BCUT2D eigenvalue weighted by Crippen LogP contribution is 2.16. The van der Waals surface area contributed by atoms with Crippen LogP contribution in [0.5, 0.6) is 0 Å². The summed E-state index contributed by atoms with van der Waals surface area (Å²) in [5, 5.41) is 5.59. The number of morpholine rings is 1. The van der Waals surface area contributed by atoms with Crippen molar-refractivity contribution in [2.45, 2.75) is 6.04 Å². The molecule has 2 heterocycles. The van der Waals surface area contributed by atoms with E-state index in [0.29, 0.717) is 24.4 Å². The Kier molecular flexibility index (Phi) is 7.03. The molecule has 2 amide bonds. The Hall–Kier alpha value is -2.16. The topological polar surface area (TPSA) is 83.8 Å². The maximum atomic E-state index is 12.4. The first kappa shape index (κ1) is 19.6. The number of hydrogen-bond acceptors (Lipinski definition) is 5. The van der Waals surface area contributed by atoms with E-state index in [1.54, 1.807) is 12.1 Å². The number of amides is 2. The third-order valence-electron chi connectivity index (χ3n) is 4.29. The van der Waals surface area contributed by atoms with Crippen LogP contribution in [0.3, 0.4) is 0 Å². The largest absolute Gasteiger partial charge is 0.444 e. The molecule has 144 valence electrons. The highest BCUT2D eigenvalue weighted by Gasteiger charge is 2.20. The van der Waals surface area contributed by atoms with E-state index in [-0.39, 0.29) is 24.3 Å². The number of rotatable bonds is 7. The zero-order chi connectivity index (χ0) is 19.1. The van der Waals surface area contributed by atoms with Crippen LogP contribution in [0.15, 0.2) is 51.6 Å². The molecule has 1 saturated heterocycles. The van der Waals surface area contributed by atoms with E-state index < -0.39 is 5.91 Å². The lowest BCUT2D eigenvalue weighted by atomic mass is 10.1. The number of nitrogens with zero attached hydrogens (tertiary/aromatic N) is 1. The molecule has 0 radical (unpaired) electrons. The fourth-order valence-corrected chi connectivity index (χ4v) is 3.20. The number of carbonyl (C=O) groups excluding carboxylic acids is 2. The number of benzene rings is 1. The first-order valence-electron chi connectivity index (χ1n) is 8.80. The van der Waals surface area contributed by atoms with Crippen LogP contribution in [-0.2, 0) is 9.53 Å². The van der Waals surface area contributed by atoms with Crippen LogP contribution in [0.2, 0.25) is 0 Å². The van der Waals surface area contributed by atoms with Crippen LogP contribution >= 0.6 is 15.9 Å². The molecule has 0 bridgehead atoms. The number of carbonyl (C=O) groups is 2. The van der Waals surface area contributed by atoms with E-state index in [2.05, 4.69) is 31.5 Å². The SMILES string of the molecule is O=C(CNC(=O)c1ccc(Br)o1)N[C@H](CN1CCOCC1)c1ccccc1. The Morgan fingerprint density at radius 2 is 1.85 bits per heavy atom. The molecule has 1 aromatic carbocycles. The fraction of sp³-hybridized carbons (Fsp3) is 0.368. The van der Waals surface area contributed by atoms with Gasteiger partial charge in [0, 0.05) is 19.6 Å². The summed E-state index contributed by atoms with van der Waals surface area (Å²) in [6, 6.07) is 12.8. The summed E-state index contributed by atoms with van der Waals surface area (Å²) in [6.07, 6.45) is 0. The number of halogens is 1. The Balaban J connectivity index is 1.57. The highest BCUT2D eigenvalue weighted by molar-refractivity contribution is 9.10. The number of furan rings is 1. The molecule has 0 unspecified atom stereocenters. The molecule has 8 heteroatoms. The molecular weight excluding hydrogens is 414 g/mol. The molecule has 0 spiro atoms. The second-order valence-electron chi connectivity index (χ2n) is 6.23. The summed E-state index contributed by atoms with van der Waals surface area (Å²) in [5.74, 6) is -0.529. The van der Waals surface area contributed by atoms with Gasteiger partial charge >= 0.3 is 0 Å². The standard InChI is InChI=1S/C19H22BrN3O4/c20-17-7-6-16(27-17)19(25)21-12-18(24)22-15(14-4-2-1-3-5-14)13-23-8-10-26-11-9-23/h1-7,15H,8-13H2,(H,21,25)(H,22,24)/t15-/m1/s1. The Morgan fingerprint density at radius 3 is 2.52 bits per heavy atom. The van der Waals surface area contributed by atoms with Crippen LogP contribution in [0.1, 0.15) is 22.2 Å². The van der Waals surface area contributed by atoms with E-state index in [0.717, 1.165) is 18.7 Å². The monoisotopic (exact) mass is 435 g/mol. The lowest BCUT2D eigenvalue weighted by molar-refractivity contribution is -0.121. The normalized spacial score (nSPS) is 15.9. The number of hydrogen-bond donors (Lipinski definition) is 2. The van der Waals surface area contributed by atoms with Gasteiger partial charge in [0.05, 0.1) is 25.8 Å². The summed E-state index contributed by atoms with van der Waals surface area (Å²) in [4.78, 5) is 26.7. The summed E-state index contributed by atoms with van der Waals surface area (Å²) in [6.45, 7) is 3.64. The van der Waals surface area contributed by atoms with Crippen LogP contribution < -0.4 is 10.6 Å². The molecule has 7 nitrogen and oxygen atoms in total.